The van der Waals surface area contributed by atoms with Gasteiger partial charge >= 0.3 is 47.9 Å². The van der Waals surface area contributed by atoms with Crippen LogP contribution in [-0.4, -0.2) is 47.9 Å². The van der Waals surface area contributed by atoms with Crippen LogP contribution in [0.2, 0.25) is 0 Å². The molecule has 0 atom stereocenters. The van der Waals surface area contributed by atoms with Crippen LogP contribution in [0.25, 0.3) is 0 Å². The summed E-state index contributed by atoms with van der Waals surface area (Å²) in [5, 5.41) is 0. The summed E-state index contributed by atoms with van der Waals surface area (Å²) in [6, 6.07) is 0. The lowest BCUT2D eigenvalue weighted by Crippen LogP contribution is -2.71. The predicted molar refractivity (Wildman–Crippen MR) is 56.6 cm³/mol. The van der Waals surface area contributed by atoms with Gasteiger partial charge in [0.2, 0.25) is 0 Å². The Balaban J connectivity index is 6.35. The van der Waals surface area contributed by atoms with E-state index >= 15 is 0 Å². The quantitative estimate of drug-likeness (QED) is 0.278. The molecule has 0 aromatic carbocycles. The molecular weight excluding hydrogens is 449 g/mol. The first-order valence-electron chi connectivity index (χ1n) is 6.10. The van der Waals surface area contributed by atoms with Gasteiger partial charge in [-0.25, -0.2) is 4.79 Å². The Kier molecular flexibility index (Phi) is 6.44. The SMILES string of the molecule is C=CC(=O)OC(F)(F)C(F)(F)C(F)(F)C(F)(F)C(F)(F)C(F)(F)CC(F)(F)F. The fourth-order valence-electron chi connectivity index (χ4n) is 1.40. The molecule has 0 unspecified atom stereocenters. The van der Waals surface area contributed by atoms with Gasteiger partial charge in [0.05, 0.1) is 0 Å². The van der Waals surface area contributed by atoms with Crippen LogP contribution in [0.4, 0.5) is 65.9 Å². The molecule has 0 amide bonds. The Morgan fingerprint density at radius 2 is 1.04 bits per heavy atom. The molecule has 0 rings (SSSR count). The van der Waals surface area contributed by atoms with Gasteiger partial charge in [0.1, 0.15) is 6.42 Å². The molecule has 0 saturated heterocycles. The topological polar surface area (TPSA) is 26.3 Å². The normalized spacial score (nSPS) is 15.4. The van der Waals surface area contributed by atoms with E-state index in [1.807, 2.05) is 0 Å². The number of hydrogen-bond donors (Lipinski definition) is 0. The fourth-order valence-corrected chi connectivity index (χ4v) is 1.40. The number of ether oxygens (including phenoxy) is 1. The molecule has 0 aliphatic heterocycles. The molecule has 0 aromatic heterocycles. The molecule has 17 heteroatoms. The van der Waals surface area contributed by atoms with E-state index in [-0.39, 0.29) is 6.08 Å². The molecule has 0 spiro atoms. The first-order chi connectivity index (χ1) is 11.9. The van der Waals surface area contributed by atoms with Crippen molar-refractivity contribution in [3.8, 4) is 0 Å². The first kappa shape index (κ1) is 26.2. The first-order valence-corrected chi connectivity index (χ1v) is 6.10. The van der Waals surface area contributed by atoms with E-state index in [0.29, 0.717) is 0 Å². The van der Waals surface area contributed by atoms with Gasteiger partial charge in [-0.1, -0.05) is 6.58 Å². The van der Waals surface area contributed by atoms with Crippen LogP contribution < -0.4 is 0 Å². The third-order valence-electron chi connectivity index (χ3n) is 2.83. The van der Waals surface area contributed by atoms with E-state index in [1.54, 1.807) is 0 Å². The second-order valence-electron chi connectivity index (χ2n) is 4.94. The summed E-state index contributed by atoms with van der Waals surface area (Å²) in [5.41, 5.74) is 0. The van der Waals surface area contributed by atoms with E-state index < -0.39 is 54.3 Å². The van der Waals surface area contributed by atoms with Crippen molar-refractivity contribution in [2.75, 3.05) is 0 Å². The van der Waals surface area contributed by atoms with Crippen molar-refractivity contribution in [3.05, 3.63) is 12.7 Å². The van der Waals surface area contributed by atoms with Gasteiger partial charge in [-0.05, 0) is 0 Å². The average molecular weight is 454 g/mol. The van der Waals surface area contributed by atoms with Gasteiger partial charge in [0, 0.05) is 6.08 Å². The van der Waals surface area contributed by atoms with E-state index in [1.165, 1.54) is 0 Å². The summed E-state index contributed by atoms with van der Waals surface area (Å²) < 4.78 is 194. The maximum atomic E-state index is 13.2. The highest BCUT2D eigenvalue weighted by molar-refractivity contribution is 5.81. The minimum Gasteiger partial charge on any atom is -0.393 e. The predicted octanol–water partition coefficient (Wildman–Crippen LogP) is 5.44. The van der Waals surface area contributed by atoms with E-state index in [4.69, 9.17) is 0 Å². The molecule has 28 heavy (non-hydrogen) atoms. The van der Waals surface area contributed by atoms with Crippen molar-refractivity contribution in [2.24, 2.45) is 0 Å². The zero-order chi connectivity index (χ0) is 23.2. The van der Waals surface area contributed by atoms with Gasteiger partial charge in [0.25, 0.3) is 0 Å². The standard InChI is InChI=1S/C11H5F15O2/c1-2-4(27)28-11(25,26)10(23,24)9(21,22)8(19,20)7(17,18)5(12,13)3-6(14,15)16/h2H,1,3H2. The maximum absolute atomic E-state index is 13.2. The molecule has 0 aliphatic carbocycles. The van der Waals surface area contributed by atoms with Crippen LogP contribution in [-0.2, 0) is 9.53 Å². The molecule has 0 aliphatic rings. The molecule has 166 valence electrons. The van der Waals surface area contributed by atoms with Crippen molar-refractivity contribution >= 4 is 5.97 Å². The molecule has 0 radical (unpaired) electrons. The lowest BCUT2D eigenvalue weighted by atomic mass is 9.92. The summed E-state index contributed by atoms with van der Waals surface area (Å²) in [4.78, 5) is 10.4. The lowest BCUT2D eigenvalue weighted by molar-refractivity contribution is -0.453. The zero-order valence-electron chi connectivity index (χ0n) is 12.5. The summed E-state index contributed by atoms with van der Waals surface area (Å²) in [5.74, 6) is -41.8. The van der Waals surface area contributed by atoms with Crippen LogP contribution in [0.15, 0.2) is 12.7 Å². The van der Waals surface area contributed by atoms with Gasteiger partial charge < -0.3 is 4.74 Å². The second-order valence-corrected chi connectivity index (χ2v) is 4.94. The maximum Gasteiger partial charge on any atom is 0.473 e. The summed E-state index contributed by atoms with van der Waals surface area (Å²) in [6.45, 7) is 2.33. The van der Waals surface area contributed by atoms with Crippen molar-refractivity contribution in [1.29, 1.82) is 0 Å². The smallest absolute Gasteiger partial charge is 0.393 e. The molecular formula is C11H5F15O2. The third kappa shape index (κ3) is 4.11. The summed E-state index contributed by atoms with van der Waals surface area (Å²) in [6.07, 6.45) is -18.0. The fraction of sp³-hybridized carbons (Fsp3) is 0.727. The number of esters is 1. The highest BCUT2D eigenvalue weighted by Crippen LogP contribution is 2.61. The molecule has 2 nitrogen and oxygen atoms in total. The Morgan fingerprint density at radius 3 is 1.36 bits per heavy atom. The van der Waals surface area contributed by atoms with Crippen molar-refractivity contribution in [2.45, 2.75) is 48.3 Å². The van der Waals surface area contributed by atoms with Crippen LogP contribution in [0.3, 0.4) is 0 Å². The van der Waals surface area contributed by atoms with Crippen LogP contribution in [0.1, 0.15) is 6.42 Å². The monoisotopic (exact) mass is 454 g/mol. The lowest BCUT2D eigenvalue weighted by Gasteiger charge is -2.40. The van der Waals surface area contributed by atoms with Crippen LogP contribution >= 0.6 is 0 Å². The Morgan fingerprint density at radius 1 is 0.679 bits per heavy atom. The van der Waals surface area contributed by atoms with Crippen molar-refractivity contribution < 1.29 is 75.4 Å². The third-order valence-corrected chi connectivity index (χ3v) is 2.83. The van der Waals surface area contributed by atoms with E-state index in [2.05, 4.69) is 11.3 Å². The van der Waals surface area contributed by atoms with E-state index in [9.17, 15) is 70.7 Å². The number of hydrogen-bond acceptors (Lipinski definition) is 2. The molecule has 0 aromatic rings. The molecule has 0 fully saturated rings. The summed E-state index contributed by atoms with van der Waals surface area (Å²) >= 11 is 0. The van der Waals surface area contributed by atoms with Crippen molar-refractivity contribution in [3.63, 3.8) is 0 Å². The van der Waals surface area contributed by atoms with Gasteiger partial charge in [-0.15, -0.1) is 0 Å². The molecule has 0 N–H and O–H groups in total. The molecule has 0 heterocycles. The van der Waals surface area contributed by atoms with Crippen LogP contribution in [0.5, 0.6) is 0 Å². The van der Waals surface area contributed by atoms with Gasteiger partial charge in [-0.2, -0.15) is 65.9 Å². The Bertz CT molecular complexity index is 604. The average Bonchev–Trinajstić information content (AvgIpc) is 2.42. The number of carbonyl (C=O) groups is 1. The summed E-state index contributed by atoms with van der Waals surface area (Å²) in [7, 11) is 0. The van der Waals surface area contributed by atoms with Gasteiger partial charge in [-0.3, -0.25) is 0 Å². The number of carbonyl (C=O) groups excluding carboxylic acids is 1. The van der Waals surface area contributed by atoms with Crippen molar-refractivity contribution in [1.82, 2.24) is 0 Å². The van der Waals surface area contributed by atoms with E-state index in [0.717, 1.165) is 0 Å². The Labute approximate surface area is 143 Å². The zero-order valence-corrected chi connectivity index (χ0v) is 12.5. The number of halogens is 15. The molecule has 0 saturated carbocycles. The highest BCUT2D eigenvalue weighted by Gasteiger charge is 2.91. The minimum atomic E-state index is -8.19. The van der Waals surface area contributed by atoms with Crippen LogP contribution in [0, 0.1) is 0 Å². The molecule has 0 bridgehead atoms. The largest absolute Gasteiger partial charge is 0.473 e. The Hall–Kier alpha value is -1.84. The van der Waals surface area contributed by atoms with Gasteiger partial charge in [0.15, 0.2) is 0 Å². The number of rotatable bonds is 8. The second kappa shape index (κ2) is 6.89. The number of alkyl halides is 15. The minimum absolute atomic E-state index is 0.383. The highest BCUT2D eigenvalue weighted by atomic mass is 19.4.